The number of hydrogen-bond donors (Lipinski definition) is 0. The van der Waals surface area contributed by atoms with Gasteiger partial charge in [0.25, 0.3) is 0 Å². The molecular formula is C18H15N5O. The minimum Gasteiger partial charge on any atom is -0.364 e. The van der Waals surface area contributed by atoms with Crippen LogP contribution < -0.4 is 0 Å². The fourth-order valence-corrected chi connectivity index (χ4v) is 2.58. The SMILES string of the molecule is Cc1ccccc1Cn1nc(-c2ncccn2)cc1-c1ccon1. The number of aromatic nitrogens is 5. The molecule has 3 heterocycles. The van der Waals surface area contributed by atoms with Crippen LogP contribution in [0.2, 0.25) is 0 Å². The largest absolute Gasteiger partial charge is 0.364 e. The minimum absolute atomic E-state index is 0.589. The van der Waals surface area contributed by atoms with Crippen LogP contribution in [-0.4, -0.2) is 24.9 Å². The smallest absolute Gasteiger partial charge is 0.180 e. The van der Waals surface area contributed by atoms with Crippen molar-refractivity contribution < 1.29 is 4.52 Å². The van der Waals surface area contributed by atoms with Gasteiger partial charge in [0.1, 0.15) is 17.7 Å². The van der Waals surface area contributed by atoms with E-state index in [1.165, 1.54) is 11.1 Å². The van der Waals surface area contributed by atoms with Crippen molar-refractivity contribution in [2.24, 2.45) is 0 Å². The molecule has 0 fully saturated rings. The number of benzene rings is 1. The van der Waals surface area contributed by atoms with Gasteiger partial charge in [-0.1, -0.05) is 29.4 Å². The van der Waals surface area contributed by atoms with Gasteiger partial charge in [-0.2, -0.15) is 5.10 Å². The average Bonchev–Trinajstić information content (AvgIpc) is 3.27. The van der Waals surface area contributed by atoms with Gasteiger partial charge in [-0.15, -0.1) is 0 Å². The molecule has 6 nitrogen and oxygen atoms in total. The van der Waals surface area contributed by atoms with Gasteiger partial charge in [-0.3, -0.25) is 4.68 Å². The van der Waals surface area contributed by atoms with E-state index in [4.69, 9.17) is 4.52 Å². The second kappa shape index (κ2) is 6.08. The third kappa shape index (κ3) is 2.69. The van der Waals surface area contributed by atoms with Crippen LogP contribution in [0.25, 0.3) is 22.9 Å². The summed E-state index contributed by atoms with van der Waals surface area (Å²) >= 11 is 0. The summed E-state index contributed by atoms with van der Waals surface area (Å²) in [6, 6.07) is 13.8. The highest BCUT2D eigenvalue weighted by atomic mass is 16.5. The Bertz CT molecular complexity index is 945. The van der Waals surface area contributed by atoms with E-state index >= 15 is 0 Å². The van der Waals surface area contributed by atoms with E-state index in [0.29, 0.717) is 18.1 Å². The maximum atomic E-state index is 4.99. The second-order valence-electron chi connectivity index (χ2n) is 5.46. The maximum Gasteiger partial charge on any atom is 0.180 e. The molecule has 0 saturated heterocycles. The van der Waals surface area contributed by atoms with Crippen molar-refractivity contribution in [1.82, 2.24) is 24.9 Å². The average molecular weight is 317 g/mol. The van der Waals surface area contributed by atoms with Gasteiger partial charge in [0, 0.05) is 18.5 Å². The zero-order chi connectivity index (χ0) is 16.4. The number of hydrogen-bond acceptors (Lipinski definition) is 5. The molecule has 1 aromatic carbocycles. The first-order chi connectivity index (χ1) is 11.8. The zero-order valence-corrected chi connectivity index (χ0v) is 13.1. The van der Waals surface area contributed by atoms with E-state index in [1.54, 1.807) is 24.7 Å². The fourth-order valence-electron chi connectivity index (χ4n) is 2.58. The van der Waals surface area contributed by atoms with Crippen LogP contribution in [0.15, 0.2) is 65.6 Å². The lowest BCUT2D eigenvalue weighted by atomic mass is 10.1. The topological polar surface area (TPSA) is 69.6 Å². The first-order valence-electron chi connectivity index (χ1n) is 7.62. The van der Waals surface area contributed by atoms with E-state index < -0.39 is 0 Å². The summed E-state index contributed by atoms with van der Waals surface area (Å²) in [5.41, 5.74) is 4.73. The molecule has 3 aromatic heterocycles. The lowest BCUT2D eigenvalue weighted by molar-refractivity contribution is 0.421. The summed E-state index contributed by atoms with van der Waals surface area (Å²) in [4.78, 5) is 8.56. The lowest BCUT2D eigenvalue weighted by Gasteiger charge is -2.08. The first-order valence-corrected chi connectivity index (χ1v) is 7.62. The highest BCUT2D eigenvalue weighted by molar-refractivity contribution is 5.62. The van der Waals surface area contributed by atoms with Crippen LogP contribution in [0.4, 0.5) is 0 Å². The molecule has 0 amide bonds. The van der Waals surface area contributed by atoms with Gasteiger partial charge >= 0.3 is 0 Å². The van der Waals surface area contributed by atoms with Crippen LogP contribution in [0.3, 0.4) is 0 Å². The molecule has 6 heteroatoms. The van der Waals surface area contributed by atoms with Gasteiger partial charge in [0.05, 0.1) is 12.2 Å². The standard InChI is InChI=1S/C18H15N5O/c1-13-5-2-3-6-14(13)12-23-17(15-7-10-24-22-15)11-16(21-23)18-19-8-4-9-20-18/h2-11H,12H2,1H3. The minimum atomic E-state index is 0.589. The highest BCUT2D eigenvalue weighted by Gasteiger charge is 2.15. The van der Waals surface area contributed by atoms with Crippen molar-refractivity contribution in [2.75, 3.05) is 0 Å². The van der Waals surface area contributed by atoms with Crippen molar-refractivity contribution in [2.45, 2.75) is 13.5 Å². The van der Waals surface area contributed by atoms with Crippen LogP contribution in [0.1, 0.15) is 11.1 Å². The molecule has 118 valence electrons. The van der Waals surface area contributed by atoms with Crippen LogP contribution in [0.5, 0.6) is 0 Å². The third-order valence-electron chi connectivity index (χ3n) is 3.86. The predicted molar refractivity (Wildman–Crippen MR) is 89.0 cm³/mol. The van der Waals surface area contributed by atoms with E-state index in [0.717, 1.165) is 11.4 Å². The molecule has 0 bridgehead atoms. The zero-order valence-electron chi connectivity index (χ0n) is 13.1. The lowest BCUT2D eigenvalue weighted by Crippen LogP contribution is -2.05. The van der Waals surface area contributed by atoms with Crippen LogP contribution in [0, 0.1) is 6.92 Å². The molecule has 4 rings (SSSR count). The van der Waals surface area contributed by atoms with Crippen LogP contribution in [-0.2, 0) is 6.54 Å². The molecule has 0 spiro atoms. The Kier molecular flexibility index (Phi) is 3.63. The van der Waals surface area contributed by atoms with Gasteiger partial charge < -0.3 is 4.52 Å². The van der Waals surface area contributed by atoms with E-state index in [-0.39, 0.29) is 0 Å². The van der Waals surface area contributed by atoms with Gasteiger partial charge in [0.2, 0.25) is 0 Å². The highest BCUT2D eigenvalue weighted by Crippen LogP contribution is 2.24. The van der Waals surface area contributed by atoms with Crippen molar-refractivity contribution in [3.63, 3.8) is 0 Å². The molecule has 0 unspecified atom stereocenters. The molecule has 0 N–H and O–H groups in total. The molecule has 0 aliphatic heterocycles. The van der Waals surface area contributed by atoms with Gasteiger partial charge in [0.15, 0.2) is 5.82 Å². The Balaban J connectivity index is 1.80. The van der Waals surface area contributed by atoms with Crippen molar-refractivity contribution in [3.8, 4) is 22.9 Å². The molecule has 24 heavy (non-hydrogen) atoms. The summed E-state index contributed by atoms with van der Waals surface area (Å²) in [6.07, 6.45) is 4.97. The molecule has 0 radical (unpaired) electrons. The van der Waals surface area contributed by atoms with E-state index in [2.05, 4.69) is 39.3 Å². The Morgan fingerprint density at radius 2 is 1.83 bits per heavy atom. The number of rotatable bonds is 4. The number of aryl methyl sites for hydroxylation is 1. The van der Waals surface area contributed by atoms with Gasteiger partial charge in [-0.25, -0.2) is 9.97 Å². The normalized spacial score (nSPS) is 10.9. The Hall–Kier alpha value is -3.28. The fraction of sp³-hybridized carbons (Fsp3) is 0.111. The number of nitrogens with zero attached hydrogens (tertiary/aromatic N) is 5. The molecule has 0 saturated carbocycles. The summed E-state index contributed by atoms with van der Waals surface area (Å²) in [7, 11) is 0. The summed E-state index contributed by atoms with van der Waals surface area (Å²) in [6.45, 7) is 2.73. The Morgan fingerprint density at radius 1 is 1.00 bits per heavy atom. The Labute approximate surface area is 138 Å². The van der Waals surface area contributed by atoms with Crippen molar-refractivity contribution >= 4 is 0 Å². The molecule has 0 atom stereocenters. The summed E-state index contributed by atoms with van der Waals surface area (Å²) in [5, 5.41) is 8.72. The van der Waals surface area contributed by atoms with Crippen LogP contribution >= 0.6 is 0 Å². The van der Waals surface area contributed by atoms with Crippen molar-refractivity contribution in [1.29, 1.82) is 0 Å². The summed E-state index contributed by atoms with van der Waals surface area (Å²) < 4.78 is 6.90. The van der Waals surface area contributed by atoms with E-state index in [1.807, 2.05) is 28.9 Å². The monoisotopic (exact) mass is 317 g/mol. The Morgan fingerprint density at radius 3 is 2.58 bits per heavy atom. The first kappa shape index (κ1) is 14.3. The molecule has 0 aliphatic rings. The predicted octanol–water partition coefficient (Wildman–Crippen LogP) is 3.35. The second-order valence-corrected chi connectivity index (χ2v) is 5.46. The maximum absolute atomic E-state index is 4.99. The van der Waals surface area contributed by atoms with Crippen molar-refractivity contribution in [3.05, 3.63) is 72.2 Å². The molecule has 4 aromatic rings. The summed E-state index contributed by atoms with van der Waals surface area (Å²) in [5.74, 6) is 0.589. The van der Waals surface area contributed by atoms with E-state index in [9.17, 15) is 0 Å². The third-order valence-corrected chi connectivity index (χ3v) is 3.86. The molecular weight excluding hydrogens is 302 g/mol. The quantitative estimate of drug-likeness (QED) is 0.577. The molecule has 0 aliphatic carbocycles. The van der Waals surface area contributed by atoms with Gasteiger partial charge in [-0.05, 0) is 30.2 Å².